The Kier molecular flexibility index (Phi) is 6.48. The highest BCUT2D eigenvalue weighted by Gasteiger charge is 2.17. The van der Waals surface area contributed by atoms with Crippen LogP contribution in [-0.4, -0.2) is 20.1 Å². The first-order valence-corrected chi connectivity index (χ1v) is 10.5. The molecular formula is C21H20N3O4S+. The molecule has 0 saturated heterocycles. The summed E-state index contributed by atoms with van der Waals surface area (Å²) in [5.41, 5.74) is 3.59. The van der Waals surface area contributed by atoms with Gasteiger partial charge in [0.15, 0.2) is 12.4 Å². The molecule has 0 fully saturated rings. The molecule has 0 unspecified atom stereocenters. The van der Waals surface area contributed by atoms with Crippen LogP contribution >= 0.6 is 0 Å². The largest absolute Gasteiger partial charge is 0.287 e. The zero-order chi connectivity index (χ0) is 20.7. The molecule has 7 nitrogen and oxygen atoms in total. The molecule has 0 spiro atoms. The molecule has 2 N–H and O–H groups in total. The lowest BCUT2D eigenvalue weighted by Gasteiger charge is -2.08. The minimum absolute atomic E-state index is 0.0604. The lowest BCUT2D eigenvalue weighted by atomic mass is 10.1. The third kappa shape index (κ3) is 6.06. The summed E-state index contributed by atoms with van der Waals surface area (Å²) in [5.74, 6) is -0.978. The maximum Gasteiger partial charge on any atom is 0.272 e. The first-order valence-electron chi connectivity index (χ1n) is 8.84. The van der Waals surface area contributed by atoms with Gasteiger partial charge >= 0.3 is 0 Å². The number of amides is 1. The van der Waals surface area contributed by atoms with Gasteiger partial charge in [-0.05, 0) is 11.6 Å². The summed E-state index contributed by atoms with van der Waals surface area (Å²) in [5, 5.41) is 0. The van der Waals surface area contributed by atoms with Gasteiger partial charge in [-0.25, -0.2) is 8.42 Å². The Hall–Kier alpha value is -3.36. The van der Waals surface area contributed by atoms with Gasteiger partial charge in [0.05, 0.1) is 5.75 Å². The molecular weight excluding hydrogens is 390 g/mol. The van der Waals surface area contributed by atoms with Gasteiger partial charge in [0.25, 0.3) is 5.91 Å². The van der Waals surface area contributed by atoms with E-state index in [0.717, 1.165) is 0 Å². The summed E-state index contributed by atoms with van der Waals surface area (Å²) >= 11 is 0. The molecule has 29 heavy (non-hydrogen) atoms. The van der Waals surface area contributed by atoms with Crippen LogP contribution in [0, 0.1) is 0 Å². The van der Waals surface area contributed by atoms with E-state index in [1.54, 1.807) is 71.4 Å². The summed E-state index contributed by atoms with van der Waals surface area (Å²) in [6.07, 6.45) is 3.15. The van der Waals surface area contributed by atoms with Crippen molar-refractivity contribution in [3.8, 4) is 0 Å². The molecule has 8 heteroatoms. The highest BCUT2D eigenvalue weighted by molar-refractivity contribution is 7.88. The topological polar surface area (TPSA) is 96.2 Å². The average Bonchev–Trinajstić information content (AvgIpc) is 2.73. The highest BCUT2D eigenvalue weighted by Crippen LogP contribution is 2.04. The number of hydrogen-bond acceptors (Lipinski definition) is 4. The molecule has 0 aliphatic carbocycles. The maximum atomic E-state index is 12.3. The van der Waals surface area contributed by atoms with Crippen molar-refractivity contribution in [1.29, 1.82) is 0 Å². The van der Waals surface area contributed by atoms with Gasteiger partial charge in [-0.1, -0.05) is 60.7 Å². The molecule has 0 aliphatic rings. The van der Waals surface area contributed by atoms with E-state index < -0.39 is 15.9 Å². The molecule has 0 atom stereocenters. The Labute approximate surface area is 169 Å². The molecule has 1 heterocycles. The maximum absolute atomic E-state index is 12.3. The van der Waals surface area contributed by atoms with Crippen molar-refractivity contribution >= 4 is 21.7 Å². The van der Waals surface area contributed by atoms with Crippen molar-refractivity contribution in [2.75, 3.05) is 0 Å². The number of hydrogen-bond donors (Lipinski definition) is 2. The lowest BCUT2D eigenvalue weighted by Crippen LogP contribution is -2.44. The molecule has 0 aliphatic heterocycles. The second-order valence-corrected chi connectivity index (χ2v) is 8.08. The second kappa shape index (κ2) is 9.22. The quantitative estimate of drug-likeness (QED) is 0.335. The number of carbonyl (C=O) groups excluding carboxylic acids is 2. The zero-order valence-electron chi connectivity index (χ0n) is 15.5. The number of hydrazine groups is 1. The van der Waals surface area contributed by atoms with Crippen LogP contribution in [0.4, 0.5) is 0 Å². The van der Waals surface area contributed by atoms with E-state index in [0.29, 0.717) is 11.1 Å². The van der Waals surface area contributed by atoms with Crippen molar-refractivity contribution in [1.82, 2.24) is 10.3 Å². The number of carbonyl (C=O) groups is 2. The molecule has 3 rings (SSSR count). The predicted molar refractivity (Wildman–Crippen MR) is 107 cm³/mol. The number of nitrogens with one attached hydrogen (secondary N) is 2. The van der Waals surface area contributed by atoms with E-state index in [9.17, 15) is 18.0 Å². The van der Waals surface area contributed by atoms with E-state index in [-0.39, 0.29) is 23.6 Å². The molecule has 2 aromatic carbocycles. The minimum Gasteiger partial charge on any atom is -0.287 e. The Morgan fingerprint density at radius 1 is 0.828 bits per heavy atom. The third-order valence-corrected chi connectivity index (χ3v) is 5.19. The van der Waals surface area contributed by atoms with Crippen molar-refractivity contribution in [3.05, 3.63) is 102 Å². The summed E-state index contributed by atoms with van der Waals surface area (Å²) < 4.78 is 25.8. The molecule has 0 saturated carbocycles. The van der Waals surface area contributed by atoms with Crippen LogP contribution in [0.5, 0.6) is 0 Å². The SMILES string of the molecule is O=C(C[n+]1cccc(C(=O)NNS(=O)(=O)Cc2ccccc2)c1)c1ccccc1. The van der Waals surface area contributed by atoms with Gasteiger partial charge < -0.3 is 0 Å². The van der Waals surface area contributed by atoms with Crippen LogP contribution in [0.3, 0.4) is 0 Å². The fourth-order valence-electron chi connectivity index (χ4n) is 2.66. The number of nitrogens with zero attached hydrogens (tertiary/aromatic N) is 1. The van der Waals surface area contributed by atoms with Gasteiger partial charge in [0.1, 0.15) is 5.56 Å². The first kappa shape index (κ1) is 20.4. The number of rotatable bonds is 8. The molecule has 1 amide bonds. The lowest BCUT2D eigenvalue weighted by molar-refractivity contribution is -0.683. The van der Waals surface area contributed by atoms with Crippen LogP contribution in [0.1, 0.15) is 26.3 Å². The van der Waals surface area contributed by atoms with E-state index in [1.807, 2.05) is 6.07 Å². The molecule has 1 aromatic heterocycles. The molecule has 148 valence electrons. The van der Waals surface area contributed by atoms with Gasteiger partial charge in [0.2, 0.25) is 22.4 Å². The average molecular weight is 410 g/mol. The van der Waals surface area contributed by atoms with Crippen LogP contribution < -0.4 is 14.8 Å². The smallest absolute Gasteiger partial charge is 0.272 e. The van der Waals surface area contributed by atoms with Crippen molar-refractivity contribution in [2.24, 2.45) is 0 Å². The van der Waals surface area contributed by atoms with E-state index in [4.69, 9.17) is 0 Å². The normalized spacial score (nSPS) is 11.0. The van der Waals surface area contributed by atoms with E-state index >= 15 is 0 Å². The Morgan fingerprint density at radius 2 is 1.45 bits per heavy atom. The fourth-order valence-corrected chi connectivity index (χ4v) is 3.61. The standard InChI is InChI=1S/C21H19N3O4S/c25-20(18-10-5-2-6-11-18)15-24-13-7-12-19(14-24)21(26)22-23-29(27,28)16-17-8-3-1-4-9-17/h1-14,23H,15-16H2/p+1. The number of sulfonamides is 1. The number of pyridine rings is 1. The van der Waals surface area contributed by atoms with Crippen LogP contribution in [0.2, 0.25) is 0 Å². The van der Waals surface area contributed by atoms with E-state index in [1.165, 1.54) is 12.3 Å². The monoisotopic (exact) mass is 410 g/mol. The second-order valence-electron chi connectivity index (χ2n) is 6.36. The zero-order valence-corrected chi connectivity index (χ0v) is 16.3. The number of aromatic nitrogens is 1. The summed E-state index contributed by atoms with van der Waals surface area (Å²) in [6.45, 7) is 0.0604. The Bertz CT molecular complexity index is 1100. The summed E-state index contributed by atoms with van der Waals surface area (Å²) in [6, 6.07) is 20.6. The summed E-state index contributed by atoms with van der Waals surface area (Å²) in [4.78, 5) is 26.7. The third-order valence-electron chi connectivity index (χ3n) is 4.06. The van der Waals surface area contributed by atoms with Gasteiger partial charge in [-0.15, -0.1) is 4.83 Å². The van der Waals surface area contributed by atoms with Crippen molar-refractivity contribution in [2.45, 2.75) is 12.3 Å². The minimum atomic E-state index is -3.75. The van der Waals surface area contributed by atoms with Gasteiger partial charge in [-0.2, -0.15) is 4.57 Å². The Morgan fingerprint density at radius 3 is 2.14 bits per heavy atom. The van der Waals surface area contributed by atoms with Crippen LogP contribution in [0.15, 0.2) is 85.2 Å². The van der Waals surface area contributed by atoms with Gasteiger partial charge in [0, 0.05) is 11.6 Å². The van der Waals surface area contributed by atoms with Gasteiger partial charge in [-0.3, -0.25) is 15.0 Å². The highest BCUT2D eigenvalue weighted by atomic mass is 32.2. The molecule has 0 bridgehead atoms. The predicted octanol–water partition coefficient (Wildman–Crippen LogP) is 1.62. The van der Waals surface area contributed by atoms with Crippen LogP contribution in [0.25, 0.3) is 0 Å². The van der Waals surface area contributed by atoms with Crippen molar-refractivity contribution < 1.29 is 22.6 Å². The fraction of sp³-hybridized carbons (Fsp3) is 0.0952. The molecule has 3 aromatic rings. The Balaban J connectivity index is 1.61. The first-order chi connectivity index (χ1) is 13.9. The number of benzene rings is 2. The van der Waals surface area contributed by atoms with Crippen LogP contribution in [-0.2, 0) is 22.3 Å². The van der Waals surface area contributed by atoms with Crippen molar-refractivity contribution in [3.63, 3.8) is 0 Å². The number of Topliss-reactive ketones (excluding diaryl/α,β-unsaturated/α-hetero) is 1. The summed E-state index contributed by atoms with van der Waals surface area (Å²) in [7, 11) is -3.75. The number of ketones is 1. The molecule has 0 radical (unpaired) electrons. The van der Waals surface area contributed by atoms with E-state index in [2.05, 4.69) is 10.3 Å².